The predicted molar refractivity (Wildman–Crippen MR) is 101 cm³/mol. The molecule has 1 saturated heterocycles. The molecule has 0 radical (unpaired) electrons. The molecule has 2 aromatic heterocycles. The van der Waals surface area contributed by atoms with E-state index in [-0.39, 0.29) is 25.3 Å². The molecule has 0 aliphatic carbocycles. The maximum absolute atomic E-state index is 12.1. The Labute approximate surface area is 157 Å². The lowest BCUT2D eigenvalue weighted by molar-refractivity contribution is -0.141. The van der Waals surface area contributed by atoms with Gasteiger partial charge in [0, 0.05) is 55.7 Å². The SMILES string of the molecule is Cc1cc(N2CC[C@](O)(CN(C)C(=O)CCC(=O)O)C2)c2cnccc2n1. The third-order valence-corrected chi connectivity index (χ3v) is 4.90. The number of nitrogens with zero attached hydrogens (tertiary/aromatic N) is 4. The Morgan fingerprint density at radius 1 is 1.37 bits per heavy atom. The van der Waals surface area contributed by atoms with Gasteiger partial charge in [0.15, 0.2) is 0 Å². The van der Waals surface area contributed by atoms with Crippen molar-refractivity contribution in [3.63, 3.8) is 0 Å². The molecule has 1 amide bonds. The van der Waals surface area contributed by atoms with Crippen molar-refractivity contribution in [2.24, 2.45) is 0 Å². The maximum atomic E-state index is 12.1. The van der Waals surface area contributed by atoms with Gasteiger partial charge in [-0.3, -0.25) is 19.6 Å². The minimum Gasteiger partial charge on any atom is -0.481 e. The van der Waals surface area contributed by atoms with Crippen LogP contribution in [-0.4, -0.2) is 69.2 Å². The average Bonchev–Trinajstić information content (AvgIpc) is 3.00. The van der Waals surface area contributed by atoms with E-state index in [2.05, 4.69) is 14.9 Å². The highest BCUT2D eigenvalue weighted by atomic mass is 16.4. The summed E-state index contributed by atoms with van der Waals surface area (Å²) in [5, 5.41) is 20.6. The number of hydrogen-bond acceptors (Lipinski definition) is 6. The Hall–Kier alpha value is -2.74. The molecule has 2 N–H and O–H groups in total. The van der Waals surface area contributed by atoms with Gasteiger partial charge < -0.3 is 20.0 Å². The number of amides is 1. The van der Waals surface area contributed by atoms with Crippen molar-refractivity contribution < 1.29 is 19.8 Å². The molecule has 3 rings (SSSR count). The Morgan fingerprint density at radius 3 is 2.89 bits per heavy atom. The lowest BCUT2D eigenvalue weighted by atomic mass is 10.0. The Balaban J connectivity index is 1.73. The number of aromatic nitrogens is 2. The average molecular weight is 372 g/mol. The molecule has 1 aliphatic heterocycles. The van der Waals surface area contributed by atoms with Crippen LogP contribution >= 0.6 is 0 Å². The number of carboxylic acids is 1. The largest absolute Gasteiger partial charge is 0.481 e. The van der Waals surface area contributed by atoms with Crippen molar-refractivity contribution in [1.82, 2.24) is 14.9 Å². The number of aliphatic carboxylic acids is 1. The fourth-order valence-electron chi connectivity index (χ4n) is 3.57. The molecule has 1 fully saturated rings. The van der Waals surface area contributed by atoms with E-state index in [9.17, 15) is 14.7 Å². The fraction of sp³-hybridized carbons (Fsp3) is 0.474. The molecular formula is C19H24N4O4. The summed E-state index contributed by atoms with van der Waals surface area (Å²) in [6.45, 7) is 3.14. The Morgan fingerprint density at radius 2 is 2.15 bits per heavy atom. The highest BCUT2D eigenvalue weighted by molar-refractivity contribution is 5.91. The molecule has 0 spiro atoms. The molecule has 0 bridgehead atoms. The van der Waals surface area contributed by atoms with Crippen LogP contribution in [-0.2, 0) is 9.59 Å². The first-order chi connectivity index (χ1) is 12.8. The summed E-state index contributed by atoms with van der Waals surface area (Å²) in [6, 6.07) is 3.85. The second kappa shape index (κ2) is 7.48. The van der Waals surface area contributed by atoms with Crippen LogP contribution in [0.15, 0.2) is 24.5 Å². The summed E-state index contributed by atoms with van der Waals surface area (Å²) in [7, 11) is 1.60. The third kappa shape index (κ3) is 4.33. The van der Waals surface area contributed by atoms with Crippen LogP contribution in [0.25, 0.3) is 10.9 Å². The first-order valence-electron chi connectivity index (χ1n) is 8.92. The highest BCUT2D eigenvalue weighted by Gasteiger charge is 2.38. The minimum atomic E-state index is -1.04. The molecule has 0 saturated carbocycles. The van der Waals surface area contributed by atoms with Gasteiger partial charge >= 0.3 is 5.97 Å². The van der Waals surface area contributed by atoms with Gasteiger partial charge in [-0.25, -0.2) is 0 Å². The molecule has 0 aromatic carbocycles. The van der Waals surface area contributed by atoms with Crippen molar-refractivity contribution in [2.75, 3.05) is 31.6 Å². The lowest BCUT2D eigenvalue weighted by Crippen LogP contribution is -2.45. The van der Waals surface area contributed by atoms with E-state index in [0.717, 1.165) is 22.3 Å². The maximum Gasteiger partial charge on any atom is 0.303 e. The van der Waals surface area contributed by atoms with Gasteiger partial charge in [-0.2, -0.15) is 0 Å². The number of anilines is 1. The molecule has 8 nitrogen and oxygen atoms in total. The number of aryl methyl sites for hydroxylation is 1. The third-order valence-electron chi connectivity index (χ3n) is 4.90. The second-order valence-electron chi connectivity index (χ2n) is 7.22. The van der Waals surface area contributed by atoms with Crippen molar-refractivity contribution in [1.29, 1.82) is 0 Å². The van der Waals surface area contributed by atoms with E-state index >= 15 is 0 Å². The Bertz CT molecular complexity index is 872. The number of carboxylic acid groups (broad SMARTS) is 1. The summed E-state index contributed by atoms with van der Waals surface area (Å²) >= 11 is 0. The van der Waals surface area contributed by atoms with Crippen LogP contribution in [0, 0.1) is 6.92 Å². The fourth-order valence-corrected chi connectivity index (χ4v) is 3.57. The molecule has 0 unspecified atom stereocenters. The zero-order valence-electron chi connectivity index (χ0n) is 15.6. The minimum absolute atomic E-state index is 0.0640. The quantitative estimate of drug-likeness (QED) is 0.785. The molecule has 8 heteroatoms. The molecule has 27 heavy (non-hydrogen) atoms. The van der Waals surface area contributed by atoms with Crippen molar-refractivity contribution in [3.05, 3.63) is 30.2 Å². The highest BCUT2D eigenvalue weighted by Crippen LogP contribution is 2.32. The number of carbonyl (C=O) groups excluding carboxylic acids is 1. The van der Waals surface area contributed by atoms with Gasteiger partial charge in [0.05, 0.1) is 18.5 Å². The zero-order valence-corrected chi connectivity index (χ0v) is 15.6. The summed E-state index contributed by atoms with van der Waals surface area (Å²) in [5.41, 5.74) is 1.68. The van der Waals surface area contributed by atoms with Gasteiger partial charge in [-0.05, 0) is 25.5 Å². The lowest BCUT2D eigenvalue weighted by Gasteiger charge is -2.29. The summed E-state index contributed by atoms with van der Waals surface area (Å²) in [6.07, 6.45) is 3.73. The van der Waals surface area contributed by atoms with E-state index in [1.54, 1.807) is 19.4 Å². The van der Waals surface area contributed by atoms with Crippen molar-refractivity contribution >= 4 is 28.5 Å². The van der Waals surface area contributed by atoms with Crippen LogP contribution in [0.3, 0.4) is 0 Å². The number of rotatable bonds is 6. The van der Waals surface area contributed by atoms with E-state index in [4.69, 9.17) is 5.11 Å². The predicted octanol–water partition coefficient (Wildman–Crippen LogP) is 1.20. The number of β-amino-alcohol motifs (C(OH)–C–C–N with tert-alkyl or cyclic N) is 1. The summed E-state index contributed by atoms with van der Waals surface area (Å²) in [5.74, 6) is -1.28. The topological polar surface area (TPSA) is 107 Å². The molecule has 1 atom stereocenters. The van der Waals surface area contributed by atoms with E-state index in [1.165, 1.54) is 4.90 Å². The van der Waals surface area contributed by atoms with Gasteiger partial charge in [0.1, 0.15) is 5.60 Å². The van der Waals surface area contributed by atoms with Gasteiger partial charge in [0.2, 0.25) is 5.91 Å². The number of pyridine rings is 2. The number of aliphatic hydroxyl groups is 1. The molecule has 2 aromatic rings. The van der Waals surface area contributed by atoms with Gasteiger partial charge in [-0.15, -0.1) is 0 Å². The number of carbonyl (C=O) groups is 2. The van der Waals surface area contributed by atoms with Crippen molar-refractivity contribution in [2.45, 2.75) is 31.8 Å². The summed E-state index contributed by atoms with van der Waals surface area (Å²) in [4.78, 5) is 34.9. The number of fused-ring (bicyclic) bond motifs is 1. The van der Waals surface area contributed by atoms with Crippen LogP contribution in [0.1, 0.15) is 25.0 Å². The first-order valence-corrected chi connectivity index (χ1v) is 8.92. The van der Waals surface area contributed by atoms with Crippen LogP contribution in [0.4, 0.5) is 5.69 Å². The normalized spacial score (nSPS) is 19.4. The van der Waals surface area contributed by atoms with Gasteiger partial charge in [-0.1, -0.05) is 0 Å². The van der Waals surface area contributed by atoms with Crippen LogP contribution in [0.2, 0.25) is 0 Å². The summed E-state index contributed by atoms with van der Waals surface area (Å²) < 4.78 is 0. The molecular weight excluding hydrogens is 348 g/mol. The van der Waals surface area contributed by atoms with E-state index in [1.807, 2.05) is 19.1 Å². The number of likely N-dealkylation sites (N-methyl/N-ethyl adjacent to an activating group) is 1. The van der Waals surface area contributed by atoms with E-state index < -0.39 is 11.6 Å². The van der Waals surface area contributed by atoms with Crippen molar-refractivity contribution in [3.8, 4) is 0 Å². The second-order valence-corrected chi connectivity index (χ2v) is 7.22. The zero-order chi connectivity index (χ0) is 19.6. The molecule has 144 valence electrons. The standard InChI is InChI=1S/C19H24N4O4/c1-13-9-16(14-10-20-7-5-15(14)21-13)23-8-6-19(27,12-23)11-22(2)17(24)3-4-18(25)26/h5,7,9-10,27H,3-4,6,8,11-12H2,1-2H3,(H,25,26)/t19-/m0/s1. The van der Waals surface area contributed by atoms with E-state index in [0.29, 0.717) is 19.5 Å². The number of hydrogen-bond donors (Lipinski definition) is 2. The molecule has 1 aliphatic rings. The van der Waals surface area contributed by atoms with Crippen LogP contribution in [0.5, 0.6) is 0 Å². The van der Waals surface area contributed by atoms with Gasteiger partial charge in [0.25, 0.3) is 0 Å². The molecule has 3 heterocycles. The van der Waals surface area contributed by atoms with Crippen LogP contribution < -0.4 is 4.90 Å². The smallest absolute Gasteiger partial charge is 0.303 e. The Kier molecular flexibility index (Phi) is 5.27. The first kappa shape index (κ1) is 19.0. The monoisotopic (exact) mass is 372 g/mol.